The molecule has 5 rings (SSSR count). The lowest BCUT2D eigenvalue weighted by atomic mass is 9.75. The maximum atomic E-state index is 13.5. The predicted molar refractivity (Wildman–Crippen MR) is 127 cm³/mol. The van der Waals surface area contributed by atoms with Gasteiger partial charge in [-0.1, -0.05) is 31.4 Å². The highest BCUT2D eigenvalue weighted by Crippen LogP contribution is 2.58. The minimum absolute atomic E-state index is 0.143. The molecule has 6 nitrogen and oxygen atoms in total. The van der Waals surface area contributed by atoms with Crippen LogP contribution in [-0.2, 0) is 19.1 Å². The molecule has 4 atom stereocenters. The van der Waals surface area contributed by atoms with Crippen molar-refractivity contribution in [3.8, 4) is 0 Å². The van der Waals surface area contributed by atoms with Crippen LogP contribution < -0.4 is 0 Å². The Morgan fingerprint density at radius 3 is 2.45 bits per heavy atom. The Morgan fingerprint density at radius 1 is 1.06 bits per heavy atom. The molecule has 1 aromatic carbocycles. The molecule has 3 aliphatic heterocycles. The fourth-order valence-corrected chi connectivity index (χ4v) is 8.09. The summed E-state index contributed by atoms with van der Waals surface area (Å²) in [5.74, 6) is -1.93. The summed E-state index contributed by atoms with van der Waals surface area (Å²) in [5, 5.41) is 0.682. The van der Waals surface area contributed by atoms with Gasteiger partial charge >= 0.3 is 5.97 Å². The maximum Gasteiger partial charge on any atom is 0.327 e. The molecule has 0 aromatic heterocycles. The van der Waals surface area contributed by atoms with Crippen molar-refractivity contribution in [3.05, 3.63) is 29.8 Å². The topological polar surface area (TPSA) is 66.9 Å². The Hall–Kier alpha value is -1.86. The molecule has 0 spiro atoms. The molecular formula is C26H34N2O4S. The minimum atomic E-state index is -1.05. The number of carbonyl (C=O) groups excluding carboxylic acids is 3. The second-order valence-corrected chi connectivity index (χ2v) is 11.3. The fourth-order valence-electron chi connectivity index (χ4n) is 6.85. The summed E-state index contributed by atoms with van der Waals surface area (Å²) >= 11 is 1.95. The fraction of sp³-hybridized carbons (Fsp3) is 0.654. The summed E-state index contributed by atoms with van der Waals surface area (Å²) in [5.41, 5.74) is -0.0288. The van der Waals surface area contributed by atoms with Crippen LogP contribution >= 0.6 is 11.8 Å². The van der Waals surface area contributed by atoms with E-state index in [4.69, 9.17) is 4.74 Å². The van der Waals surface area contributed by atoms with Crippen LogP contribution in [0.4, 0.5) is 0 Å². The van der Waals surface area contributed by atoms with E-state index < -0.39 is 17.4 Å². The van der Waals surface area contributed by atoms with Crippen molar-refractivity contribution in [1.29, 1.82) is 0 Å². The Balaban J connectivity index is 1.51. The molecule has 0 bridgehead atoms. The van der Waals surface area contributed by atoms with E-state index in [0.29, 0.717) is 24.8 Å². The molecule has 3 saturated heterocycles. The van der Waals surface area contributed by atoms with E-state index in [1.807, 2.05) is 18.7 Å². The Labute approximate surface area is 200 Å². The number of hydrogen-bond donors (Lipinski definition) is 0. The van der Waals surface area contributed by atoms with E-state index in [1.54, 1.807) is 0 Å². The van der Waals surface area contributed by atoms with Gasteiger partial charge in [-0.3, -0.25) is 24.2 Å². The molecule has 4 fully saturated rings. The smallest absolute Gasteiger partial charge is 0.327 e. The standard InChI is InChI=1S/C26H34N2O4S/c1-3-27-23(29)20-21(24(27)30)26(25(31)32-2)15-7-8-16-28(26)22(20)17-11-13-19(14-12-17)33-18-9-5-4-6-10-18/h11-14,18,20-22H,3-10,15-16H2,1-2H3/t20-,21-,22+,26-/m0/s1. The third kappa shape index (κ3) is 3.54. The van der Waals surface area contributed by atoms with Crippen molar-refractivity contribution in [1.82, 2.24) is 9.80 Å². The zero-order valence-corrected chi connectivity index (χ0v) is 20.4. The molecule has 0 radical (unpaired) electrons. The number of amides is 2. The van der Waals surface area contributed by atoms with E-state index in [2.05, 4.69) is 29.2 Å². The van der Waals surface area contributed by atoms with Crippen molar-refractivity contribution < 1.29 is 19.1 Å². The lowest BCUT2D eigenvalue weighted by Gasteiger charge is -2.44. The zero-order valence-electron chi connectivity index (χ0n) is 19.6. The van der Waals surface area contributed by atoms with Gasteiger partial charge in [-0.15, -0.1) is 11.8 Å². The van der Waals surface area contributed by atoms with Crippen LogP contribution in [0.25, 0.3) is 0 Å². The van der Waals surface area contributed by atoms with Gasteiger partial charge in [0.1, 0.15) is 5.54 Å². The molecule has 1 saturated carbocycles. The first kappa shape index (κ1) is 22.9. The average molecular weight is 471 g/mol. The lowest BCUT2D eigenvalue weighted by Crippen LogP contribution is -2.59. The van der Waals surface area contributed by atoms with Crippen LogP contribution in [-0.4, -0.2) is 58.6 Å². The van der Waals surface area contributed by atoms with Crippen LogP contribution in [0.1, 0.15) is 69.9 Å². The molecule has 0 N–H and O–H groups in total. The third-order valence-corrected chi connectivity index (χ3v) is 9.63. The first-order valence-electron chi connectivity index (χ1n) is 12.5. The van der Waals surface area contributed by atoms with E-state index in [1.165, 1.54) is 49.0 Å². The number of piperidine rings is 1. The van der Waals surface area contributed by atoms with Gasteiger partial charge in [0.2, 0.25) is 11.8 Å². The molecule has 33 heavy (non-hydrogen) atoms. The molecular weight excluding hydrogens is 436 g/mol. The highest BCUT2D eigenvalue weighted by atomic mass is 32.2. The van der Waals surface area contributed by atoms with E-state index in [0.717, 1.165) is 18.4 Å². The van der Waals surface area contributed by atoms with Gasteiger partial charge in [0.25, 0.3) is 0 Å². The SMILES string of the molecule is CCN1C(=O)[C@@H]2[C@@H](c3ccc(SC4CCCCC4)cc3)N3CCCC[C@@]3(C(=O)OC)[C@@H]2C1=O. The largest absolute Gasteiger partial charge is 0.468 e. The maximum absolute atomic E-state index is 13.5. The first-order chi connectivity index (χ1) is 16.0. The molecule has 1 aromatic rings. The van der Waals surface area contributed by atoms with Gasteiger partial charge in [-0.05, 0) is 63.3 Å². The molecule has 178 valence electrons. The highest BCUT2D eigenvalue weighted by Gasteiger charge is 2.72. The van der Waals surface area contributed by atoms with Gasteiger partial charge in [0, 0.05) is 22.7 Å². The van der Waals surface area contributed by atoms with E-state index in [-0.39, 0.29) is 23.8 Å². The predicted octanol–water partition coefficient (Wildman–Crippen LogP) is 4.18. The summed E-state index contributed by atoms with van der Waals surface area (Å²) in [6.07, 6.45) is 8.89. The summed E-state index contributed by atoms with van der Waals surface area (Å²) < 4.78 is 5.28. The number of esters is 1. The number of hydrogen-bond acceptors (Lipinski definition) is 6. The van der Waals surface area contributed by atoms with Crippen molar-refractivity contribution in [2.75, 3.05) is 20.2 Å². The van der Waals surface area contributed by atoms with Crippen molar-refractivity contribution >= 4 is 29.5 Å². The molecule has 0 unspecified atom stereocenters. The summed E-state index contributed by atoms with van der Waals surface area (Å²) in [6.45, 7) is 2.86. The molecule has 2 amide bonds. The van der Waals surface area contributed by atoms with Crippen molar-refractivity contribution in [2.24, 2.45) is 11.8 Å². The number of carbonyl (C=O) groups is 3. The number of benzene rings is 1. The number of methoxy groups -OCH3 is 1. The van der Waals surface area contributed by atoms with Gasteiger partial charge in [-0.2, -0.15) is 0 Å². The normalized spacial score (nSPS) is 32.7. The first-order valence-corrected chi connectivity index (χ1v) is 13.4. The second kappa shape index (κ2) is 9.06. The number of thioether (sulfide) groups is 1. The van der Waals surface area contributed by atoms with Crippen LogP contribution in [0.15, 0.2) is 29.2 Å². The van der Waals surface area contributed by atoms with E-state index in [9.17, 15) is 14.4 Å². The summed E-state index contributed by atoms with van der Waals surface area (Å²) in [4.78, 5) is 44.9. The van der Waals surface area contributed by atoms with Crippen molar-refractivity contribution in [2.45, 2.75) is 80.0 Å². The van der Waals surface area contributed by atoms with Gasteiger partial charge in [0.05, 0.1) is 18.9 Å². The van der Waals surface area contributed by atoms with Crippen LogP contribution in [0.2, 0.25) is 0 Å². The van der Waals surface area contributed by atoms with Crippen LogP contribution in [0.5, 0.6) is 0 Å². The minimum Gasteiger partial charge on any atom is -0.468 e. The van der Waals surface area contributed by atoms with Crippen LogP contribution in [0, 0.1) is 11.8 Å². The number of fused-ring (bicyclic) bond motifs is 3. The third-order valence-electron chi connectivity index (χ3n) is 8.28. The van der Waals surface area contributed by atoms with Gasteiger partial charge in [0.15, 0.2) is 0 Å². The van der Waals surface area contributed by atoms with Crippen LogP contribution in [0.3, 0.4) is 0 Å². The second-order valence-electron chi connectivity index (χ2n) is 9.88. The van der Waals surface area contributed by atoms with E-state index >= 15 is 0 Å². The quantitative estimate of drug-likeness (QED) is 0.475. The number of likely N-dealkylation sites (tertiary alicyclic amines) is 1. The number of ether oxygens (including phenoxy) is 1. The van der Waals surface area contributed by atoms with Gasteiger partial charge in [-0.25, -0.2) is 0 Å². The molecule has 1 aliphatic carbocycles. The lowest BCUT2D eigenvalue weighted by molar-refractivity contribution is -0.164. The molecule has 4 aliphatic rings. The Kier molecular flexibility index (Phi) is 6.29. The summed E-state index contributed by atoms with van der Waals surface area (Å²) in [6, 6.07) is 8.26. The zero-order chi connectivity index (χ0) is 23.2. The number of imide groups is 1. The number of rotatable bonds is 5. The highest BCUT2D eigenvalue weighted by molar-refractivity contribution is 8.00. The Morgan fingerprint density at radius 2 is 1.79 bits per heavy atom. The summed E-state index contributed by atoms with van der Waals surface area (Å²) in [7, 11) is 1.39. The molecule has 3 heterocycles. The molecule has 7 heteroatoms. The van der Waals surface area contributed by atoms with Gasteiger partial charge < -0.3 is 4.74 Å². The number of nitrogens with zero attached hydrogens (tertiary/aromatic N) is 2. The van der Waals surface area contributed by atoms with Crippen molar-refractivity contribution in [3.63, 3.8) is 0 Å². The Bertz CT molecular complexity index is 929. The average Bonchev–Trinajstić information content (AvgIpc) is 3.30. The monoisotopic (exact) mass is 470 g/mol.